The second-order valence-corrected chi connectivity index (χ2v) is 7.29. The Morgan fingerprint density at radius 2 is 2.00 bits per heavy atom. The molecule has 2 amide bonds. The van der Waals surface area contributed by atoms with E-state index in [9.17, 15) is 13.2 Å². The minimum Gasteiger partial charge on any atom is -0.324 e. The topological polar surface area (TPSA) is 92.5 Å². The van der Waals surface area contributed by atoms with Crippen LogP contribution in [0.5, 0.6) is 0 Å². The minimum atomic E-state index is -2.98. The molecule has 110 valence electrons. The van der Waals surface area contributed by atoms with Crippen LogP contribution in [-0.4, -0.2) is 43.9 Å². The van der Waals surface area contributed by atoms with Crippen LogP contribution in [-0.2, 0) is 9.84 Å². The van der Waals surface area contributed by atoms with Gasteiger partial charge in [0.05, 0.1) is 11.5 Å². The molecule has 0 saturated carbocycles. The summed E-state index contributed by atoms with van der Waals surface area (Å²) in [4.78, 5) is 13.6. The molecule has 6 nitrogen and oxygen atoms in total. The number of carbonyl (C=O) groups excluding carboxylic acids is 1. The number of sulfone groups is 1. The van der Waals surface area contributed by atoms with E-state index < -0.39 is 9.84 Å². The van der Waals surface area contributed by atoms with Gasteiger partial charge >= 0.3 is 6.03 Å². The third-order valence-electron chi connectivity index (χ3n) is 3.30. The highest BCUT2D eigenvalue weighted by Crippen LogP contribution is 2.16. The number of anilines is 1. The van der Waals surface area contributed by atoms with Gasteiger partial charge in [0.2, 0.25) is 0 Å². The molecule has 1 fully saturated rings. The summed E-state index contributed by atoms with van der Waals surface area (Å²) in [5.74, 6) is 0.0561. The number of carbonyl (C=O) groups is 1. The first-order chi connectivity index (χ1) is 9.37. The molecule has 0 spiro atoms. The molecule has 1 aliphatic rings. The fourth-order valence-corrected chi connectivity index (χ4v) is 3.22. The molecule has 7 heteroatoms. The zero-order valence-electron chi connectivity index (χ0n) is 11.4. The third kappa shape index (κ3) is 3.71. The van der Waals surface area contributed by atoms with Crippen molar-refractivity contribution in [2.24, 2.45) is 5.73 Å². The SMILES string of the molecule is CC(N)c1cccc(NC(=O)N2CCS(=O)(=O)CC2)c1. The van der Waals surface area contributed by atoms with Crippen molar-refractivity contribution in [3.05, 3.63) is 29.8 Å². The Labute approximate surface area is 118 Å². The standard InChI is InChI=1S/C13H19N3O3S/c1-10(14)11-3-2-4-12(9-11)15-13(17)16-5-7-20(18,19)8-6-16/h2-4,9-10H,5-8,14H2,1H3,(H,15,17). The maximum absolute atomic E-state index is 12.0. The number of hydrogen-bond acceptors (Lipinski definition) is 4. The molecule has 1 aromatic carbocycles. The Bertz CT molecular complexity index is 585. The number of nitrogens with zero attached hydrogens (tertiary/aromatic N) is 1. The number of rotatable bonds is 2. The van der Waals surface area contributed by atoms with Gasteiger partial charge in [0.1, 0.15) is 0 Å². The fourth-order valence-electron chi connectivity index (χ4n) is 2.02. The normalized spacial score (nSPS) is 19.4. The maximum Gasteiger partial charge on any atom is 0.321 e. The zero-order valence-corrected chi connectivity index (χ0v) is 12.2. The molecule has 1 aromatic rings. The first kappa shape index (κ1) is 14.8. The summed E-state index contributed by atoms with van der Waals surface area (Å²) in [5, 5.41) is 2.77. The van der Waals surface area contributed by atoms with E-state index in [1.54, 1.807) is 6.07 Å². The van der Waals surface area contributed by atoms with Gasteiger partial charge in [-0.2, -0.15) is 0 Å². The molecule has 1 unspecified atom stereocenters. The molecule has 0 aromatic heterocycles. The Morgan fingerprint density at radius 1 is 1.35 bits per heavy atom. The highest BCUT2D eigenvalue weighted by Gasteiger charge is 2.24. The predicted molar refractivity (Wildman–Crippen MR) is 78.3 cm³/mol. The van der Waals surface area contributed by atoms with Crippen molar-refractivity contribution in [1.82, 2.24) is 4.90 Å². The molecule has 1 atom stereocenters. The van der Waals surface area contributed by atoms with Gasteiger partial charge < -0.3 is 16.0 Å². The number of hydrogen-bond donors (Lipinski definition) is 2. The quantitative estimate of drug-likeness (QED) is 0.850. The summed E-state index contributed by atoms with van der Waals surface area (Å²) in [6.07, 6.45) is 0. The van der Waals surface area contributed by atoms with E-state index in [0.29, 0.717) is 5.69 Å². The van der Waals surface area contributed by atoms with Crippen molar-refractivity contribution in [2.75, 3.05) is 29.9 Å². The lowest BCUT2D eigenvalue weighted by molar-refractivity contribution is 0.216. The molecule has 1 heterocycles. The average Bonchev–Trinajstić information content (AvgIpc) is 2.38. The molecule has 0 radical (unpaired) electrons. The minimum absolute atomic E-state index is 0.0281. The lowest BCUT2D eigenvalue weighted by Crippen LogP contribution is -2.45. The van der Waals surface area contributed by atoms with E-state index in [0.717, 1.165) is 5.56 Å². The molecule has 3 N–H and O–H groups in total. The molecular formula is C13H19N3O3S. The summed E-state index contributed by atoms with van der Waals surface area (Å²) >= 11 is 0. The van der Waals surface area contributed by atoms with E-state index in [1.165, 1.54) is 4.90 Å². The first-order valence-corrected chi connectivity index (χ1v) is 8.31. The number of urea groups is 1. The summed E-state index contributed by atoms with van der Waals surface area (Å²) in [5.41, 5.74) is 7.40. The molecule has 20 heavy (non-hydrogen) atoms. The Hall–Kier alpha value is -1.60. The van der Waals surface area contributed by atoms with Crippen LogP contribution in [0.4, 0.5) is 10.5 Å². The van der Waals surface area contributed by atoms with Gasteiger partial charge in [-0.05, 0) is 24.6 Å². The van der Waals surface area contributed by atoms with Crippen LogP contribution in [0.25, 0.3) is 0 Å². The zero-order chi connectivity index (χ0) is 14.8. The highest BCUT2D eigenvalue weighted by molar-refractivity contribution is 7.91. The fraction of sp³-hybridized carbons (Fsp3) is 0.462. The second-order valence-electron chi connectivity index (χ2n) is 4.98. The lowest BCUT2D eigenvalue weighted by Gasteiger charge is -2.27. The summed E-state index contributed by atoms with van der Waals surface area (Å²) in [7, 11) is -2.98. The molecule has 2 rings (SSSR count). The maximum atomic E-state index is 12.0. The van der Waals surface area contributed by atoms with Crippen LogP contribution >= 0.6 is 0 Å². The van der Waals surface area contributed by atoms with Gasteiger partial charge in [0, 0.05) is 24.8 Å². The smallest absolute Gasteiger partial charge is 0.321 e. The number of amides is 2. The van der Waals surface area contributed by atoms with Crippen molar-refractivity contribution in [1.29, 1.82) is 0 Å². The van der Waals surface area contributed by atoms with E-state index in [4.69, 9.17) is 5.73 Å². The second kappa shape index (κ2) is 5.80. The monoisotopic (exact) mass is 297 g/mol. The highest BCUT2D eigenvalue weighted by atomic mass is 32.2. The summed E-state index contributed by atoms with van der Waals surface area (Å²) < 4.78 is 22.6. The molecule has 1 saturated heterocycles. The van der Waals surface area contributed by atoms with Gasteiger partial charge in [-0.3, -0.25) is 0 Å². The van der Waals surface area contributed by atoms with Gasteiger partial charge in [-0.15, -0.1) is 0 Å². The number of nitrogens with one attached hydrogen (secondary N) is 1. The molecule has 1 aliphatic heterocycles. The lowest BCUT2D eigenvalue weighted by atomic mass is 10.1. The Kier molecular flexibility index (Phi) is 4.29. The van der Waals surface area contributed by atoms with Crippen LogP contribution in [0.2, 0.25) is 0 Å². The average molecular weight is 297 g/mol. The first-order valence-electron chi connectivity index (χ1n) is 6.49. The Morgan fingerprint density at radius 3 is 2.60 bits per heavy atom. The van der Waals surface area contributed by atoms with Crippen molar-refractivity contribution in [3.63, 3.8) is 0 Å². The van der Waals surface area contributed by atoms with Crippen LogP contribution in [0.1, 0.15) is 18.5 Å². The summed E-state index contributed by atoms with van der Waals surface area (Å²) in [6, 6.07) is 6.95. The molecular weight excluding hydrogens is 278 g/mol. The van der Waals surface area contributed by atoms with Crippen LogP contribution in [0, 0.1) is 0 Å². The Balaban J connectivity index is 2.00. The van der Waals surface area contributed by atoms with E-state index in [1.807, 2.05) is 25.1 Å². The number of nitrogens with two attached hydrogens (primary N) is 1. The van der Waals surface area contributed by atoms with Crippen molar-refractivity contribution in [3.8, 4) is 0 Å². The van der Waals surface area contributed by atoms with Crippen LogP contribution < -0.4 is 11.1 Å². The van der Waals surface area contributed by atoms with Gasteiger partial charge in [0.25, 0.3) is 0 Å². The molecule has 0 aliphatic carbocycles. The van der Waals surface area contributed by atoms with Crippen LogP contribution in [0.15, 0.2) is 24.3 Å². The predicted octanol–water partition coefficient (Wildman–Crippen LogP) is 0.969. The van der Waals surface area contributed by atoms with Crippen LogP contribution in [0.3, 0.4) is 0 Å². The largest absolute Gasteiger partial charge is 0.324 e. The van der Waals surface area contributed by atoms with Crippen molar-refractivity contribution < 1.29 is 13.2 Å². The third-order valence-corrected chi connectivity index (χ3v) is 4.90. The molecule has 0 bridgehead atoms. The van der Waals surface area contributed by atoms with Crippen molar-refractivity contribution >= 4 is 21.6 Å². The van der Waals surface area contributed by atoms with Gasteiger partial charge in [-0.1, -0.05) is 12.1 Å². The van der Waals surface area contributed by atoms with E-state index >= 15 is 0 Å². The summed E-state index contributed by atoms with van der Waals surface area (Å²) in [6.45, 7) is 2.35. The van der Waals surface area contributed by atoms with Gasteiger partial charge in [0.15, 0.2) is 9.84 Å². The van der Waals surface area contributed by atoms with Gasteiger partial charge in [-0.25, -0.2) is 13.2 Å². The van der Waals surface area contributed by atoms with E-state index in [-0.39, 0.29) is 36.7 Å². The van der Waals surface area contributed by atoms with Crippen molar-refractivity contribution in [2.45, 2.75) is 13.0 Å². The number of benzene rings is 1. The van der Waals surface area contributed by atoms with E-state index in [2.05, 4.69) is 5.32 Å².